The van der Waals surface area contributed by atoms with E-state index < -0.39 is 0 Å². The van der Waals surface area contributed by atoms with Gasteiger partial charge in [0, 0.05) is 36.2 Å². The first-order valence-electron chi connectivity index (χ1n) is 8.99. The van der Waals surface area contributed by atoms with Crippen molar-refractivity contribution in [1.82, 2.24) is 24.6 Å². The van der Waals surface area contributed by atoms with Gasteiger partial charge in [-0.3, -0.25) is 9.55 Å². The van der Waals surface area contributed by atoms with Crippen LogP contribution >= 0.6 is 0 Å². The average Bonchev–Trinajstić information content (AvgIpc) is 2.98. The Balaban J connectivity index is 1.73. The fourth-order valence-electron chi connectivity index (χ4n) is 3.69. The summed E-state index contributed by atoms with van der Waals surface area (Å²) in [6.07, 6.45) is 4.00. The van der Waals surface area contributed by atoms with E-state index in [4.69, 9.17) is 5.10 Å². The zero-order valence-electron chi connectivity index (χ0n) is 14.5. The lowest BCUT2D eigenvalue weighted by atomic mass is 9.99. The number of para-hydroxylation sites is 1. The summed E-state index contributed by atoms with van der Waals surface area (Å²) >= 11 is 0. The van der Waals surface area contributed by atoms with Gasteiger partial charge in [-0.15, -0.1) is 0 Å². The summed E-state index contributed by atoms with van der Waals surface area (Å²) in [5, 5.41) is 9.20. The number of benzene rings is 1. The standard InChI is InChI=1S/C19H23N5O/c1-2-23-18(15-9-4-10-20-12-15)22-24(19(23)25)13-16-7-3-6-14-8-5-11-21-17(14)16/h3,5-8,11,15,20H,2,4,9-10,12-13H2,1H3. The maximum Gasteiger partial charge on any atom is 0.346 e. The van der Waals surface area contributed by atoms with E-state index in [1.54, 1.807) is 10.9 Å². The van der Waals surface area contributed by atoms with Crippen LogP contribution in [0.4, 0.5) is 0 Å². The molecule has 1 saturated heterocycles. The lowest BCUT2D eigenvalue weighted by Gasteiger charge is -2.21. The Morgan fingerprint density at radius 2 is 2.16 bits per heavy atom. The lowest BCUT2D eigenvalue weighted by molar-refractivity contribution is 0.431. The van der Waals surface area contributed by atoms with Gasteiger partial charge in [-0.05, 0) is 32.4 Å². The molecule has 0 radical (unpaired) electrons. The molecule has 3 aromatic rings. The van der Waals surface area contributed by atoms with Crippen molar-refractivity contribution in [1.29, 1.82) is 0 Å². The maximum absolute atomic E-state index is 12.8. The van der Waals surface area contributed by atoms with Gasteiger partial charge in [0.05, 0.1) is 12.1 Å². The van der Waals surface area contributed by atoms with Crippen molar-refractivity contribution in [2.24, 2.45) is 0 Å². The normalized spacial score (nSPS) is 17.9. The van der Waals surface area contributed by atoms with E-state index in [2.05, 4.69) is 10.3 Å². The fraction of sp³-hybridized carbons (Fsp3) is 0.421. The van der Waals surface area contributed by atoms with E-state index in [1.807, 2.05) is 41.8 Å². The molecule has 0 aliphatic carbocycles. The second-order valence-electron chi connectivity index (χ2n) is 6.58. The maximum atomic E-state index is 12.8. The Hall–Kier alpha value is -2.47. The number of rotatable bonds is 4. The number of nitrogens with zero attached hydrogens (tertiary/aromatic N) is 4. The Bertz CT molecular complexity index is 931. The van der Waals surface area contributed by atoms with Crippen molar-refractivity contribution >= 4 is 10.9 Å². The minimum absolute atomic E-state index is 0.0315. The third-order valence-corrected chi connectivity index (χ3v) is 4.97. The van der Waals surface area contributed by atoms with Gasteiger partial charge in [-0.25, -0.2) is 9.48 Å². The highest BCUT2D eigenvalue weighted by atomic mass is 16.2. The van der Waals surface area contributed by atoms with Crippen molar-refractivity contribution in [3.63, 3.8) is 0 Å². The predicted octanol–water partition coefficient (Wildman–Crippen LogP) is 2.13. The highest BCUT2D eigenvalue weighted by Gasteiger charge is 2.23. The van der Waals surface area contributed by atoms with Gasteiger partial charge in [0.15, 0.2) is 0 Å². The summed E-state index contributed by atoms with van der Waals surface area (Å²) in [5.74, 6) is 1.22. The van der Waals surface area contributed by atoms with Gasteiger partial charge in [0.1, 0.15) is 5.82 Å². The molecule has 1 aliphatic rings. The SMILES string of the molecule is CCn1c(C2CCCNC2)nn(Cc2cccc3cccnc23)c1=O. The molecule has 6 heteroatoms. The Kier molecular flexibility index (Phi) is 4.36. The molecule has 6 nitrogen and oxygen atoms in total. The molecule has 2 aromatic heterocycles. The van der Waals surface area contributed by atoms with Crippen molar-refractivity contribution in [2.45, 2.75) is 38.8 Å². The molecule has 1 fully saturated rings. The van der Waals surface area contributed by atoms with Crippen molar-refractivity contribution in [2.75, 3.05) is 13.1 Å². The summed E-state index contributed by atoms with van der Waals surface area (Å²) in [7, 11) is 0. The first-order chi connectivity index (χ1) is 12.3. The number of piperidine rings is 1. The highest BCUT2D eigenvalue weighted by molar-refractivity contribution is 5.81. The summed E-state index contributed by atoms with van der Waals surface area (Å²) in [6, 6.07) is 10.0. The van der Waals surface area contributed by atoms with Crippen LogP contribution in [0.15, 0.2) is 41.3 Å². The molecule has 1 aromatic carbocycles. The largest absolute Gasteiger partial charge is 0.346 e. The van der Waals surface area contributed by atoms with E-state index >= 15 is 0 Å². The van der Waals surface area contributed by atoms with Gasteiger partial charge < -0.3 is 5.32 Å². The molecule has 3 heterocycles. The molecule has 1 unspecified atom stereocenters. The number of fused-ring (bicyclic) bond motifs is 1. The Labute approximate surface area is 146 Å². The lowest BCUT2D eigenvalue weighted by Crippen LogP contribution is -2.31. The molecule has 25 heavy (non-hydrogen) atoms. The minimum atomic E-state index is -0.0315. The quantitative estimate of drug-likeness (QED) is 0.792. The van der Waals surface area contributed by atoms with E-state index in [0.717, 1.165) is 48.2 Å². The van der Waals surface area contributed by atoms with Crippen LogP contribution < -0.4 is 11.0 Å². The average molecular weight is 337 g/mol. The first-order valence-corrected chi connectivity index (χ1v) is 8.99. The molecule has 1 aliphatic heterocycles. The van der Waals surface area contributed by atoms with Crippen LogP contribution in [0.25, 0.3) is 10.9 Å². The minimum Gasteiger partial charge on any atom is -0.316 e. The van der Waals surface area contributed by atoms with E-state index in [0.29, 0.717) is 19.0 Å². The van der Waals surface area contributed by atoms with Crippen LogP contribution in [-0.2, 0) is 13.1 Å². The molecule has 1 N–H and O–H groups in total. The molecular weight excluding hydrogens is 314 g/mol. The summed E-state index contributed by atoms with van der Waals surface area (Å²) in [5.41, 5.74) is 1.93. The van der Waals surface area contributed by atoms with E-state index in [1.165, 1.54) is 0 Å². The number of nitrogens with one attached hydrogen (secondary N) is 1. The predicted molar refractivity (Wildman–Crippen MR) is 97.9 cm³/mol. The van der Waals surface area contributed by atoms with Crippen LogP contribution in [0.5, 0.6) is 0 Å². The summed E-state index contributed by atoms with van der Waals surface area (Å²) < 4.78 is 3.41. The van der Waals surface area contributed by atoms with Gasteiger partial charge in [-0.2, -0.15) is 5.10 Å². The zero-order valence-corrected chi connectivity index (χ0v) is 14.5. The Morgan fingerprint density at radius 1 is 1.28 bits per heavy atom. The third-order valence-electron chi connectivity index (χ3n) is 4.97. The van der Waals surface area contributed by atoms with Crippen LogP contribution in [-0.4, -0.2) is 32.4 Å². The molecule has 0 bridgehead atoms. The van der Waals surface area contributed by atoms with Crippen LogP contribution in [0.3, 0.4) is 0 Å². The number of hydrogen-bond donors (Lipinski definition) is 1. The Morgan fingerprint density at radius 3 is 2.96 bits per heavy atom. The number of pyridine rings is 1. The molecule has 0 saturated carbocycles. The second-order valence-corrected chi connectivity index (χ2v) is 6.58. The summed E-state index contributed by atoms with van der Waals surface area (Å²) in [6.45, 7) is 5.06. The molecular formula is C19H23N5O. The van der Waals surface area contributed by atoms with E-state index in [9.17, 15) is 4.79 Å². The van der Waals surface area contributed by atoms with E-state index in [-0.39, 0.29) is 5.69 Å². The topological polar surface area (TPSA) is 64.7 Å². The van der Waals surface area contributed by atoms with Crippen LogP contribution in [0.2, 0.25) is 0 Å². The second kappa shape index (κ2) is 6.80. The van der Waals surface area contributed by atoms with Crippen molar-refractivity contribution in [3.8, 4) is 0 Å². The first kappa shape index (κ1) is 16.0. The van der Waals surface area contributed by atoms with Crippen molar-refractivity contribution in [3.05, 3.63) is 58.4 Å². The highest BCUT2D eigenvalue weighted by Crippen LogP contribution is 2.21. The van der Waals surface area contributed by atoms with Crippen LogP contribution in [0.1, 0.15) is 37.1 Å². The number of hydrogen-bond acceptors (Lipinski definition) is 4. The number of aromatic nitrogens is 4. The molecule has 130 valence electrons. The monoisotopic (exact) mass is 337 g/mol. The zero-order chi connectivity index (χ0) is 17.2. The smallest absolute Gasteiger partial charge is 0.316 e. The molecule has 4 rings (SSSR count). The van der Waals surface area contributed by atoms with Gasteiger partial charge in [0.2, 0.25) is 0 Å². The van der Waals surface area contributed by atoms with Crippen molar-refractivity contribution < 1.29 is 0 Å². The van der Waals surface area contributed by atoms with Crippen LogP contribution in [0, 0.1) is 0 Å². The van der Waals surface area contributed by atoms with Gasteiger partial charge >= 0.3 is 5.69 Å². The van der Waals surface area contributed by atoms with Gasteiger partial charge in [0.25, 0.3) is 0 Å². The molecule has 1 atom stereocenters. The molecule has 0 spiro atoms. The fourth-order valence-corrected chi connectivity index (χ4v) is 3.69. The third kappa shape index (κ3) is 2.98. The van der Waals surface area contributed by atoms with Gasteiger partial charge in [-0.1, -0.05) is 24.3 Å². The molecule has 0 amide bonds. The summed E-state index contributed by atoms with van der Waals surface area (Å²) in [4.78, 5) is 17.3.